The van der Waals surface area contributed by atoms with Gasteiger partial charge < -0.3 is 9.72 Å². The molecule has 4 heteroatoms. The van der Waals surface area contributed by atoms with E-state index in [1.54, 1.807) is 7.11 Å². The number of aryl methyl sites for hydroxylation is 1. The summed E-state index contributed by atoms with van der Waals surface area (Å²) in [5, 5.41) is 0.922. The largest absolute Gasteiger partial charge is 0.497 e. The van der Waals surface area contributed by atoms with Gasteiger partial charge in [0.1, 0.15) is 5.75 Å². The van der Waals surface area contributed by atoms with Crippen LogP contribution in [0.1, 0.15) is 28.9 Å². The summed E-state index contributed by atoms with van der Waals surface area (Å²) in [7, 11) is 1.62. The summed E-state index contributed by atoms with van der Waals surface area (Å²) >= 11 is 5.66. The van der Waals surface area contributed by atoms with Crippen molar-refractivity contribution in [2.24, 2.45) is 0 Å². The first kappa shape index (κ1) is 13.0. The molecule has 0 aliphatic carbocycles. The van der Waals surface area contributed by atoms with Crippen LogP contribution in [-0.2, 0) is 6.42 Å². The summed E-state index contributed by atoms with van der Waals surface area (Å²) in [6, 6.07) is 5.71. The Kier molecular flexibility index (Phi) is 4.26. The summed E-state index contributed by atoms with van der Waals surface area (Å²) in [5.41, 5.74) is 2.69. The maximum absolute atomic E-state index is 11.2. The molecule has 0 saturated heterocycles. The van der Waals surface area contributed by atoms with Crippen LogP contribution in [-0.4, -0.2) is 24.3 Å². The molecular formula is C14H16ClNO2. The number of H-pyrrole nitrogens is 1. The van der Waals surface area contributed by atoms with Crippen LogP contribution in [0.2, 0.25) is 0 Å². The lowest BCUT2D eigenvalue weighted by molar-refractivity contribution is 0.112. The Morgan fingerprint density at radius 2 is 2.22 bits per heavy atom. The number of benzene rings is 1. The maximum atomic E-state index is 11.2. The van der Waals surface area contributed by atoms with E-state index in [1.165, 1.54) is 0 Å². The van der Waals surface area contributed by atoms with Crippen LogP contribution in [0.3, 0.4) is 0 Å². The number of alkyl halides is 1. The van der Waals surface area contributed by atoms with Gasteiger partial charge in [0.15, 0.2) is 6.29 Å². The van der Waals surface area contributed by atoms with E-state index in [0.717, 1.165) is 53.5 Å². The molecule has 2 aromatic rings. The normalized spacial score (nSPS) is 10.8. The molecule has 0 aliphatic rings. The number of hydrogen-bond donors (Lipinski definition) is 1. The van der Waals surface area contributed by atoms with Gasteiger partial charge in [0.2, 0.25) is 0 Å². The standard InChI is InChI=1S/C14H16ClNO2/c1-18-10-5-6-14-11(8-10)12(9-17)13(16-14)4-2-3-7-15/h5-6,8-9,16H,2-4,7H2,1H3. The number of halogens is 1. The van der Waals surface area contributed by atoms with E-state index in [4.69, 9.17) is 16.3 Å². The first-order valence-corrected chi connectivity index (χ1v) is 6.53. The van der Waals surface area contributed by atoms with E-state index in [9.17, 15) is 4.79 Å². The molecule has 3 nitrogen and oxygen atoms in total. The number of aromatic nitrogens is 1. The number of methoxy groups -OCH3 is 1. The number of unbranched alkanes of at least 4 members (excludes halogenated alkanes) is 1. The lowest BCUT2D eigenvalue weighted by Crippen LogP contribution is -1.91. The quantitative estimate of drug-likeness (QED) is 0.493. The Balaban J connectivity index is 2.38. The fraction of sp³-hybridized carbons (Fsp3) is 0.357. The molecule has 1 aromatic heterocycles. The number of fused-ring (bicyclic) bond motifs is 1. The van der Waals surface area contributed by atoms with Gasteiger partial charge in [-0.1, -0.05) is 0 Å². The molecule has 0 atom stereocenters. The van der Waals surface area contributed by atoms with E-state index < -0.39 is 0 Å². The van der Waals surface area contributed by atoms with Crippen molar-refractivity contribution in [1.29, 1.82) is 0 Å². The van der Waals surface area contributed by atoms with Crippen LogP contribution < -0.4 is 4.74 Å². The molecule has 0 radical (unpaired) electrons. The molecule has 0 saturated carbocycles. The summed E-state index contributed by atoms with van der Waals surface area (Å²) in [4.78, 5) is 14.5. The van der Waals surface area contributed by atoms with Gasteiger partial charge in [0.25, 0.3) is 0 Å². The molecule has 2 rings (SSSR count). The lowest BCUT2D eigenvalue weighted by atomic mass is 10.1. The molecule has 0 bridgehead atoms. The van der Waals surface area contributed by atoms with Crippen molar-refractivity contribution in [3.05, 3.63) is 29.5 Å². The zero-order valence-corrected chi connectivity index (χ0v) is 11.1. The highest BCUT2D eigenvalue weighted by Gasteiger charge is 2.11. The minimum absolute atomic E-state index is 0.657. The van der Waals surface area contributed by atoms with Gasteiger partial charge in [-0.05, 0) is 37.5 Å². The van der Waals surface area contributed by atoms with Crippen molar-refractivity contribution in [1.82, 2.24) is 4.98 Å². The molecule has 1 heterocycles. The smallest absolute Gasteiger partial charge is 0.152 e. The lowest BCUT2D eigenvalue weighted by Gasteiger charge is -1.99. The second kappa shape index (κ2) is 5.91. The Morgan fingerprint density at radius 3 is 2.89 bits per heavy atom. The predicted octanol–water partition coefficient (Wildman–Crippen LogP) is 3.55. The zero-order valence-electron chi connectivity index (χ0n) is 10.3. The Hall–Kier alpha value is -1.48. The number of nitrogens with one attached hydrogen (secondary N) is 1. The molecule has 0 amide bonds. The van der Waals surface area contributed by atoms with Gasteiger partial charge in [-0.15, -0.1) is 11.6 Å². The SMILES string of the molecule is COc1ccc2[nH]c(CCCCCl)c(C=O)c2c1. The molecule has 1 N–H and O–H groups in total. The van der Waals surface area contributed by atoms with Crippen molar-refractivity contribution < 1.29 is 9.53 Å². The van der Waals surface area contributed by atoms with Crippen LogP contribution in [0, 0.1) is 0 Å². The predicted molar refractivity (Wildman–Crippen MR) is 73.9 cm³/mol. The molecule has 0 fully saturated rings. The number of carbonyl (C=O) groups excluding carboxylic acids is 1. The van der Waals surface area contributed by atoms with Crippen molar-refractivity contribution >= 4 is 28.8 Å². The summed E-state index contributed by atoms with van der Waals surface area (Å²) in [5.74, 6) is 1.42. The Morgan fingerprint density at radius 1 is 1.39 bits per heavy atom. The highest BCUT2D eigenvalue weighted by molar-refractivity contribution is 6.17. The Bertz CT molecular complexity index is 548. The molecule has 0 unspecified atom stereocenters. The average molecular weight is 266 g/mol. The summed E-state index contributed by atoms with van der Waals surface area (Å²) < 4.78 is 5.18. The average Bonchev–Trinajstić information content (AvgIpc) is 2.75. The second-order valence-electron chi connectivity index (χ2n) is 4.19. The molecule has 18 heavy (non-hydrogen) atoms. The van der Waals surface area contributed by atoms with Crippen LogP contribution in [0.4, 0.5) is 0 Å². The monoisotopic (exact) mass is 265 g/mol. The minimum atomic E-state index is 0.657. The number of aromatic amines is 1. The fourth-order valence-electron chi connectivity index (χ4n) is 2.10. The number of rotatable bonds is 6. The van der Waals surface area contributed by atoms with Gasteiger partial charge in [0.05, 0.1) is 7.11 Å². The van der Waals surface area contributed by atoms with Crippen LogP contribution in [0.25, 0.3) is 10.9 Å². The van der Waals surface area contributed by atoms with Crippen LogP contribution in [0.5, 0.6) is 5.75 Å². The Labute approximate surface area is 111 Å². The van der Waals surface area contributed by atoms with Crippen LogP contribution >= 0.6 is 11.6 Å². The highest BCUT2D eigenvalue weighted by atomic mass is 35.5. The first-order chi connectivity index (χ1) is 8.80. The first-order valence-electron chi connectivity index (χ1n) is 6.00. The van der Waals surface area contributed by atoms with Gasteiger partial charge >= 0.3 is 0 Å². The van der Waals surface area contributed by atoms with Crippen LogP contribution in [0.15, 0.2) is 18.2 Å². The third-order valence-corrected chi connectivity index (χ3v) is 3.32. The van der Waals surface area contributed by atoms with E-state index in [1.807, 2.05) is 18.2 Å². The van der Waals surface area contributed by atoms with Crippen molar-refractivity contribution in [3.8, 4) is 5.75 Å². The van der Waals surface area contributed by atoms with Gasteiger partial charge in [-0.3, -0.25) is 4.79 Å². The molecule has 0 aliphatic heterocycles. The van der Waals surface area contributed by atoms with Crippen molar-refractivity contribution in [3.63, 3.8) is 0 Å². The summed E-state index contributed by atoms with van der Waals surface area (Å²) in [6.45, 7) is 0. The number of aldehydes is 1. The van der Waals surface area contributed by atoms with Gasteiger partial charge in [-0.2, -0.15) is 0 Å². The van der Waals surface area contributed by atoms with Gasteiger partial charge in [-0.25, -0.2) is 0 Å². The summed E-state index contributed by atoms with van der Waals surface area (Å²) in [6.07, 6.45) is 3.69. The highest BCUT2D eigenvalue weighted by Crippen LogP contribution is 2.26. The molecular weight excluding hydrogens is 250 g/mol. The van der Waals surface area contributed by atoms with E-state index in [2.05, 4.69) is 4.98 Å². The second-order valence-corrected chi connectivity index (χ2v) is 4.57. The third kappa shape index (κ3) is 2.51. The maximum Gasteiger partial charge on any atom is 0.152 e. The van der Waals surface area contributed by atoms with E-state index >= 15 is 0 Å². The fourth-order valence-corrected chi connectivity index (χ4v) is 2.29. The molecule has 0 spiro atoms. The van der Waals surface area contributed by atoms with E-state index in [0.29, 0.717) is 5.88 Å². The molecule has 96 valence electrons. The van der Waals surface area contributed by atoms with E-state index in [-0.39, 0.29) is 0 Å². The number of hydrogen-bond acceptors (Lipinski definition) is 2. The minimum Gasteiger partial charge on any atom is -0.497 e. The molecule has 1 aromatic carbocycles. The van der Waals surface area contributed by atoms with Gasteiger partial charge in [0, 0.05) is 28.0 Å². The third-order valence-electron chi connectivity index (χ3n) is 3.06. The zero-order chi connectivity index (χ0) is 13.0. The number of ether oxygens (including phenoxy) is 1. The van der Waals surface area contributed by atoms with Crippen molar-refractivity contribution in [2.75, 3.05) is 13.0 Å². The van der Waals surface area contributed by atoms with Crippen molar-refractivity contribution in [2.45, 2.75) is 19.3 Å². The topological polar surface area (TPSA) is 42.1 Å². The number of carbonyl (C=O) groups is 1.